The van der Waals surface area contributed by atoms with E-state index in [1.54, 1.807) is 24.3 Å². The van der Waals surface area contributed by atoms with E-state index >= 15 is 0 Å². The summed E-state index contributed by atoms with van der Waals surface area (Å²) in [5.74, 6) is 0. The normalized spacial score (nSPS) is 13.9. The quantitative estimate of drug-likeness (QED) is 0.902. The third-order valence-corrected chi connectivity index (χ3v) is 5.88. The van der Waals surface area contributed by atoms with Gasteiger partial charge in [0, 0.05) is 13.6 Å². The molecule has 2 aromatic rings. The number of hydrogen-bond donors (Lipinski definition) is 1. The van der Waals surface area contributed by atoms with Gasteiger partial charge in [-0.2, -0.15) is 4.31 Å². The summed E-state index contributed by atoms with van der Waals surface area (Å²) >= 11 is 0. The van der Waals surface area contributed by atoms with Crippen LogP contribution in [0.2, 0.25) is 0 Å². The van der Waals surface area contributed by atoms with Crippen molar-refractivity contribution in [1.82, 2.24) is 4.31 Å². The van der Waals surface area contributed by atoms with Gasteiger partial charge in [0.15, 0.2) is 0 Å². The second-order valence-electron chi connectivity index (χ2n) is 6.99. The Morgan fingerprint density at radius 2 is 1.54 bits per heavy atom. The molecular weight excluding hydrogens is 322 g/mol. The summed E-state index contributed by atoms with van der Waals surface area (Å²) in [6.45, 7) is 6.25. The van der Waals surface area contributed by atoms with Gasteiger partial charge in [-0.3, -0.25) is 0 Å². The standard InChI is InChI=1S/C19H25NO3S/c1-19(2,3)16-10-12-17(13-11-16)24(22,23)20(4)14-18(21)15-8-6-5-7-9-15/h5-13,18,21H,14H2,1-4H3. The van der Waals surface area contributed by atoms with E-state index in [0.29, 0.717) is 5.56 Å². The van der Waals surface area contributed by atoms with Crippen molar-refractivity contribution in [2.75, 3.05) is 13.6 Å². The Bertz CT molecular complexity index is 763. The first-order valence-corrected chi connectivity index (χ1v) is 9.36. The zero-order chi connectivity index (χ0) is 18.0. The van der Waals surface area contributed by atoms with Crippen molar-refractivity contribution >= 4 is 10.0 Å². The Labute approximate surface area is 144 Å². The highest BCUT2D eigenvalue weighted by molar-refractivity contribution is 7.89. The molecule has 1 N–H and O–H groups in total. The van der Waals surface area contributed by atoms with Gasteiger partial charge in [-0.1, -0.05) is 63.2 Å². The number of aliphatic hydroxyl groups is 1. The van der Waals surface area contributed by atoms with Gasteiger partial charge in [0.1, 0.15) is 0 Å². The molecule has 0 saturated heterocycles. The van der Waals surface area contributed by atoms with Gasteiger partial charge in [0.25, 0.3) is 0 Å². The van der Waals surface area contributed by atoms with Crippen LogP contribution in [-0.4, -0.2) is 31.4 Å². The molecule has 0 saturated carbocycles. The van der Waals surface area contributed by atoms with Crippen LogP contribution in [0.15, 0.2) is 59.5 Å². The molecule has 0 amide bonds. The highest BCUT2D eigenvalue weighted by atomic mass is 32.2. The van der Waals surface area contributed by atoms with Crippen LogP contribution in [0.1, 0.15) is 38.0 Å². The average molecular weight is 347 g/mol. The van der Waals surface area contributed by atoms with Crippen LogP contribution in [0.25, 0.3) is 0 Å². The molecule has 1 unspecified atom stereocenters. The lowest BCUT2D eigenvalue weighted by atomic mass is 9.87. The van der Waals surface area contributed by atoms with E-state index in [0.717, 1.165) is 5.56 Å². The maximum Gasteiger partial charge on any atom is 0.242 e. The molecule has 5 heteroatoms. The second kappa shape index (κ2) is 7.05. The zero-order valence-electron chi connectivity index (χ0n) is 14.6. The van der Waals surface area contributed by atoms with E-state index < -0.39 is 16.1 Å². The maximum absolute atomic E-state index is 12.7. The summed E-state index contributed by atoms with van der Waals surface area (Å²) < 4.78 is 26.5. The minimum atomic E-state index is -3.63. The highest BCUT2D eigenvalue weighted by Gasteiger charge is 2.24. The Kier molecular flexibility index (Phi) is 5.48. The van der Waals surface area contributed by atoms with Gasteiger partial charge >= 0.3 is 0 Å². The molecule has 0 heterocycles. The van der Waals surface area contributed by atoms with Crippen molar-refractivity contribution in [3.8, 4) is 0 Å². The van der Waals surface area contributed by atoms with Gasteiger partial charge < -0.3 is 5.11 Å². The van der Waals surface area contributed by atoms with Crippen LogP contribution in [0.5, 0.6) is 0 Å². The van der Waals surface area contributed by atoms with E-state index in [1.165, 1.54) is 11.4 Å². The summed E-state index contributed by atoms with van der Waals surface area (Å²) in [5, 5.41) is 10.2. The third kappa shape index (κ3) is 4.23. The number of rotatable bonds is 5. The number of benzene rings is 2. The topological polar surface area (TPSA) is 57.6 Å². The fourth-order valence-corrected chi connectivity index (χ4v) is 3.61. The lowest BCUT2D eigenvalue weighted by Gasteiger charge is -2.22. The van der Waals surface area contributed by atoms with Crippen LogP contribution in [0.4, 0.5) is 0 Å². The van der Waals surface area contributed by atoms with E-state index in [1.807, 2.05) is 30.3 Å². The van der Waals surface area contributed by atoms with Crippen LogP contribution < -0.4 is 0 Å². The predicted molar refractivity (Wildman–Crippen MR) is 96.4 cm³/mol. The number of likely N-dealkylation sites (N-methyl/N-ethyl adjacent to an activating group) is 1. The Hall–Kier alpha value is -1.69. The molecule has 2 aromatic carbocycles. The first-order valence-electron chi connectivity index (χ1n) is 7.92. The van der Waals surface area contributed by atoms with E-state index in [2.05, 4.69) is 20.8 Å². The molecule has 130 valence electrons. The minimum Gasteiger partial charge on any atom is -0.387 e. The van der Waals surface area contributed by atoms with E-state index in [-0.39, 0.29) is 16.9 Å². The number of sulfonamides is 1. The molecule has 0 fully saturated rings. The highest BCUT2D eigenvalue weighted by Crippen LogP contribution is 2.25. The number of hydrogen-bond acceptors (Lipinski definition) is 3. The first kappa shape index (κ1) is 18.6. The monoisotopic (exact) mass is 347 g/mol. The summed E-state index contributed by atoms with van der Waals surface area (Å²) in [7, 11) is -2.15. The molecule has 0 spiro atoms. The fraction of sp³-hybridized carbons (Fsp3) is 0.368. The Balaban J connectivity index is 2.17. The van der Waals surface area contributed by atoms with Crippen molar-refractivity contribution in [1.29, 1.82) is 0 Å². The van der Waals surface area contributed by atoms with Gasteiger partial charge in [0.2, 0.25) is 10.0 Å². The van der Waals surface area contributed by atoms with Crippen LogP contribution in [0.3, 0.4) is 0 Å². The Morgan fingerprint density at radius 3 is 2.04 bits per heavy atom. The van der Waals surface area contributed by atoms with Crippen molar-refractivity contribution in [3.05, 3.63) is 65.7 Å². The fourth-order valence-electron chi connectivity index (χ4n) is 2.43. The van der Waals surface area contributed by atoms with E-state index in [4.69, 9.17) is 0 Å². The molecular formula is C19H25NO3S. The molecule has 0 aliphatic heterocycles. The van der Waals surface area contributed by atoms with Crippen molar-refractivity contribution < 1.29 is 13.5 Å². The van der Waals surface area contributed by atoms with Crippen LogP contribution in [0, 0.1) is 0 Å². The smallest absolute Gasteiger partial charge is 0.242 e. The molecule has 4 nitrogen and oxygen atoms in total. The SMILES string of the molecule is CN(CC(O)c1ccccc1)S(=O)(=O)c1ccc(C(C)(C)C)cc1. The maximum atomic E-state index is 12.7. The minimum absolute atomic E-state index is 0.00731. The predicted octanol–water partition coefficient (Wildman–Crippen LogP) is 3.34. The second-order valence-corrected chi connectivity index (χ2v) is 9.03. The van der Waals surface area contributed by atoms with Crippen LogP contribution in [-0.2, 0) is 15.4 Å². The Morgan fingerprint density at radius 1 is 1.00 bits per heavy atom. The van der Waals surface area contributed by atoms with Gasteiger partial charge in [-0.05, 0) is 28.7 Å². The number of aliphatic hydroxyl groups excluding tert-OH is 1. The molecule has 1 atom stereocenters. The summed E-state index contributed by atoms with van der Waals surface area (Å²) in [6.07, 6.45) is -0.861. The molecule has 2 rings (SSSR count). The zero-order valence-corrected chi connectivity index (χ0v) is 15.4. The summed E-state index contributed by atoms with van der Waals surface area (Å²) in [4.78, 5) is 0.235. The largest absolute Gasteiger partial charge is 0.387 e. The van der Waals surface area contributed by atoms with E-state index in [9.17, 15) is 13.5 Å². The van der Waals surface area contributed by atoms with Crippen LogP contribution >= 0.6 is 0 Å². The molecule has 24 heavy (non-hydrogen) atoms. The van der Waals surface area contributed by atoms with Crippen molar-refractivity contribution in [2.45, 2.75) is 37.2 Å². The van der Waals surface area contributed by atoms with Gasteiger partial charge in [-0.15, -0.1) is 0 Å². The lowest BCUT2D eigenvalue weighted by molar-refractivity contribution is 0.155. The molecule has 0 aromatic heterocycles. The molecule has 0 aliphatic rings. The van der Waals surface area contributed by atoms with Gasteiger partial charge in [0.05, 0.1) is 11.0 Å². The summed E-state index contributed by atoms with van der Waals surface area (Å²) in [6, 6.07) is 16.0. The molecule has 0 radical (unpaired) electrons. The number of nitrogens with zero attached hydrogens (tertiary/aromatic N) is 1. The van der Waals surface area contributed by atoms with Crippen molar-refractivity contribution in [3.63, 3.8) is 0 Å². The first-order chi connectivity index (χ1) is 11.1. The summed E-state index contributed by atoms with van der Waals surface area (Å²) in [5.41, 5.74) is 1.74. The van der Waals surface area contributed by atoms with Crippen molar-refractivity contribution in [2.24, 2.45) is 0 Å². The molecule has 0 bridgehead atoms. The average Bonchev–Trinajstić information content (AvgIpc) is 2.54. The lowest BCUT2D eigenvalue weighted by Crippen LogP contribution is -2.31. The van der Waals surface area contributed by atoms with Gasteiger partial charge in [-0.25, -0.2) is 8.42 Å². The molecule has 0 aliphatic carbocycles. The third-order valence-electron chi connectivity index (χ3n) is 4.04.